The predicted molar refractivity (Wildman–Crippen MR) is 57.6 cm³/mol. The average molecular weight is 211 g/mol. The molecule has 1 aromatic carbocycles. The molecule has 0 aromatic heterocycles. The van der Waals surface area contributed by atoms with E-state index in [-0.39, 0.29) is 12.8 Å². The molecule has 0 bridgehead atoms. The van der Waals surface area contributed by atoms with Gasteiger partial charge in [0.15, 0.2) is 0 Å². The van der Waals surface area contributed by atoms with E-state index < -0.39 is 5.92 Å². The Balaban J connectivity index is 2.04. The highest BCUT2D eigenvalue weighted by Gasteiger charge is 2.33. The minimum atomic E-state index is -2.46. The molecule has 0 spiro atoms. The first-order chi connectivity index (χ1) is 7.07. The van der Waals surface area contributed by atoms with Gasteiger partial charge in [-0.15, -0.1) is 0 Å². The Kier molecular flexibility index (Phi) is 2.63. The first-order valence-corrected chi connectivity index (χ1v) is 5.26. The highest BCUT2D eigenvalue weighted by atomic mass is 19.3. The van der Waals surface area contributed by atoms with Crippen LogP contribution < -0.4 is 4.90 Å². The van der Waals surface area contributed by atoms with Crippen LogP contribution >= 0.6 is 0 Å². The molecule has 0 amide bonds. The van der Waals surface area contributed by atoms with E-state index in [0.29, 0.717) is 13.1 Å². The molecule has 0 unspecified atom stereocenters. The van der Waals surface area contributed by atoms with E-state index in [1.165, 1.54) is 5.56 Å². The summed E-state index contributed by atoms with van der Waals surface area (Å²) < 4.78 is 25.9. The van der Waals surface area contributed by atoms with Crippen molar-refractivity contribution in [3.8, 4) is 0 Å². The fraction of sp³-hybridized carbons (Fsp3) is 0.500. The second-order valence-corrected chi connectivity index (χ2v) is 4.18. The third-order valence-corrected chi connectivity index (χ3v) is 2.89. The maximum Gasteiger partial charge on any atom is 0.251 e. The molecule has 1 fully saturated rings. The van der Waals surface area contributed by atoms with Crippen molar-refractivity contribution in [2.75, 3.05) is 18.0 Å². The van der Waals surface area contributed by atoms with Crippen molar-refractivity contribution in [2.45, 2.75) is 25.7 Å². The Bertz CT molecular complexity index is 322. The highest BCUT2D eigenvalue weighted by molar-refractivity contribution is 5.47. The zero-order valence-corrected chi connectivity index (χ0v) is 8.84. The number of aryl methyl sites for hydroxylation is 1. The third-order valence-electron chi connectivity index (χ3n) is 2.89. The molecule has 3 heteroatoms. The SMILES string of the molecule is Cc1ccc(N2CCC(F)(F)CC2)cc1. The van der Waals surface area contributed by atoms with Gasteiger partial charge in [-0.1, -0.05) is 17.7 Å². The van der Waals surface area contributed by atoms with Crippen molar-refractivity contribution in [1.29, 1.82) is 0 Å². The fourth-order valence-electron chi connectivity index (χ4n) is 1.85. The minimum Gasteiger partial charge on any atom is -0.371 e. The zero-order chi connectivity index (χ0) is 10.9. The number of anilines is 1. The molecule has 0 saturated carbocycles. The predicted octanol–water partition coefficient (Wildman–Crippen LogP) is 3.23. The van der Waals surface area contributed by atoms with Gasteiger partial charge in [0.25, 0.3) is 5.92 Å². The van der Waals surface area contributed by atoms with E-state index in [1.54, 1.807) is 0 Å². The molecule has 1 saturated heterocycles. The standard InChI is InChI=1S/C12H15F2N/c1-10-2-4-11(5-3-10)15-8-6-12(13,14)7-9-15/h2-5H,6-9H2,1H3. The zero-order valence-electron chi connectivity index (χ0n) is 8.84. The molecule has 0 atom stereocenters. The molecule has 1 aromatic rings. The first-order valence-electron chi connectivity index (χ1n) is 5.26. The van der Waals surface area contributed by atoms with Crippen molar-refractivity contribution in [3.63, 3.8) is 0 Å². The van der Waals surface area contributed by atoms with Gasteiger partial charge in [0.2, 0.25) is 0 Å². The Morgan fingerprint density at radius 1 is 1.07 bits per heavy atom. The van der Waals surface area contributed by atoms with Crippen LogP contribution in [0.2, 0.25) is 0 Å². The lowest BCUT2D eigenvalue weighted by Gasteiger charge is -2.33. The van der Waals surface area contributed by atoms with E-state index in [0.717, 1.165) is 5.69 Å². The second kappa shape index (κ2) is 3.80. The lowest BCUT2D eigenvalue weighted by atomic mass is 10.1. The van der Waals surface area contributed by atoms with Crippen molar-refractivity contribution in [2.24, 2.45) is 0 Å². The molecular formula is C12H15F2N. The summed E-state index contributed by atoms with van der Waals surface area (Å²) in [5.74, 6) is -2.46. The summed E-state index contributed by atoms with van der Waals surface area (Å²) in [6.45, 7) is 2.93. The topological polar surface area (TPSA) is 3.24 Å². The molecule has 15 heavy (non-hydrogen) atoms. The van der Waals surface area contributed by atoms with Crippen LogP contribution in [0.25, 0.3) is 0 Å². The van der Waals surface area contributed by atoms with Gasteiger partial charge in [-0.25, -0.2) is 8.78 Å². The van der Waals surface area contributed by atoms with Gasteiger partial charge < -0.3 is 4.90 Å². The number of hydrogen-bond acceptors (Lipinski definition) is 1. The number of benzene rings is 1. The van der Waals surface area contributed by atoms with Crippen LogP contribution in [0.15, 0.2) is 24.3 Å². The quantitative estimate of drug-likeness (QED) is 0.689. The average Bonchev–Trinajstić information content (AvgIpc) is 2.20. The Morgan fingerprint density at radius 2 is 1.60 bits per heavy atom. The van der Waals surface area contributed by atoms with Crippen LogP contribution in [-0.2, 0) is 0 Å². The van der Waals surface area contributed by atoms with Gasteiger partial charge in [0, 0.05) is 31.6 Å². The Labute approximate surface area is 88.7 Å². The fourth-order valence-corrected chi connectivity index (χ4v) is 1.85. The summed E-state index contributed by atoms with van der Waals surface area (Å²) in [7, 11) is 0. The summed E-state index contributed by atoms with van der Waals surface area (Å²) >= 11 is 0. The second-order valence-electron chi connectivity index (χ2n) is 4.18. The van der Waals surface area contributed by atoms with Gasteiger partial charge in [0.05, 0.1) is 0 Å². The van der Waals surface area contributed by atoms with Crippen LogP contribution in [0.1, 0.15) is 18.4 Å². The van der Waals surface area contributed by atoms with Gasteiger partial charge in [0.1, 0.15) is 0 Å². The molecule has 0 radical (unpaired) electrons. The van der Waals surface area contributed by atoms with Crippen molar-refractivity contribution in [1.82, 2.24) is 0 Å². The molecule has 0 N–H and O–H groups in total. The maximum absolute atomic E-state index is 12.9. The first kappa shape index (κ1) is 10.4. The van der Waals surface area contributed by atoms with Gasteiger partial charge >= 0.3 is 0 Å². The molecule has 0 aliphatic carbocycles. The van der Waals surface area contributed by atoms with Crippen LogP contribution in [0.4, 0.5) is 14.5 Å². The van der Waals surface area contributed by atoms with Crippen LogP contribution in [0, 0.1) is 6.92 Å². The molecule has 82 valence electrons. The maximum atomic E-state index is 12.9. The van der Waals surface area contributed by atoms with Gasteiger partial charge in [-0.2, -0.15) is 0 Å². The molecule has 1 aliphatic rings. The summed E-state index contributed by atoms with van der Waals surface area (Å²) in [4.78, 5) is 2.02. The van der Waals surface area contributed by atoms with Gasteiger partial charge in [-0.05, 0) is 19.1 Å². The number of alkyl halides is 2. The van der Waals surface area contributed by atoms with Crippen LogP contribution in [-0.4, -0.2) is 19.0 Å². The lowest BCUT2D eigenvalue weighted by Crippen LogP contribution is -2.39. The number of nitrogens with zero attached hydrogens (tertiary/aromatic N) is 1. The van der Waals surface area contributed by atoms with E-state index in [4.69, 9.17) is 0 Å². The van der Waals surface area contributed by atoms with Crippen molar-refractivity contribution >= 4 is 5.69 Å². The van der Waals surface area contributed by atoms with Crippen molar-refractivity contribution in [3.05, 3.63) is 29.8 Å². The van der Waals surface area contributed by atoms with Crippen molar-refractivity contribution < 1.29 is 8.78 Å². The number of hydrogen-bond donors (Lipinski definition) is 0. The monoisotopic (exact) mass is 211 g/mol. The largest absolute Gasteiger partial charge is 0.371 e. The Hall–Kier alpha value is -1.12. The number of rotatable bonds is 1. The minimum absolute atomic E-state index is 0.0269. The number of piperidine rings is 1. The third kappa shape index (κ3) is 2.46. The molecule has 1 aliphatic heterocycles. The summed E-state index contributed by atoms with van der Waals surface area (Å²) in [6, 6.07) is 8.03. The van der Waals surface area contributed by atoms with E-state index >= 15 is 0 Å². The lowest BCUT2D eigenvalue weighted by molar-refractivity contribution is -0.0220. The molecular weight excluding hydrogens is 196 g/mol. The van der Waals surface area contributed by atoms with E-state index in [9.17, 15) is 8.78 Å². The summed E-state index contributed by atoms with van der Waals surface area (Å²) in [5, 5.41) is 0. The smallest absolute Gasteiger partial charge is 0.251 e. The summed E-state index contributed by atoms with van der Waals surface area (Å²) in [6.07, 6.45) is -0.0538. The van der Waals surface area contributed by atoms with Crippen LogP contribution in [0.5, 0.6) is 0 Å². The van der Waals surface area contributed by atoms with Gasteiger partial charge in [-0.3, -0.25) is 0 Å². The van der Waals surface area contributed by atoms with E-state index in [1.807, 2.05) is 36.1 Å². The molecule has 1 heterocycles. The van der Waals surface area contributed by atoms with Crippen LogP contribution in [0.3, 0.4) is 0 Å². The highest BCUT2D eigenvalue weighted by Crippen LogP contribution is 2.30. The Morgan fingerprint density at radius 3 is 2.13 bits per heavy atom. The summed E-state index contributed by atoms with van der Waals surface area (Å²) in [5.41, 5.74) is 2.25. The molecule has 2 rings (SSSR count). The normalized spacial score (nSPS) is 20.3. The number of halogens is 2. The van der Waals surface area contributed by atoms with E-state index in [2.05, 4.69) is 0 Å². The molecule has 1 nitrogen and oxygen atoms in total.